The number of carbonyl (C=O) groups excluding carboxylic acids is 1. The van der Waals surface area contributed by atoms with Gasteiger partial charge in [-0.3, -0.25) is 0 Å². The van der Waals surface area contributed by atoms with Crippen molar-refractivity contribution in [3.8, 4) is 0 Å². The lowest BCUT2D eigenvalue weighted by atomic mass is 9.86. The van der Waals surface area contributed by atoms with Gasteiger partial charge >= 0.3 is 6.03 Å². The van der Waals surface area contributed by atoms with Crippen LogP contribution in [0.4, 0.5) is 4.79 Å². The molecule has 134 valence electrons. The predicted molar refractivity (Wildman–Crippen MR) is 96.7 cm³/mol. The number of carbonyl (C=O) groups is 1. The summed E-state index contributed by atoms with van der Waals surface area (Å²) in [6.07, 6.45) is 2.94. The van der Waals surface area contributed by atoms with Crippen LogP contribution in [0.15, 0.2) is 24.3 Å². The molecule has 0 aromatic heterocycles. The molecular weight excluding hydrogens is 302 g/mol. The molecule has 1 aromatic rings. The normalized spacial score (nSPS) is 23.5. The first kappa shape index (κ1) is 18.7. The van der Waals surface area contributed by atoms with E-state index in [1.807, 2.05) is 19.1 Å². The van der Waals surface area contributed by atoms with Crippen LogP contribution in [0.2, 0.25) is 0 Å². The van der Waals surface area contributed by atoms with Crippen LogP contribution >= 0.6 is 0 Å². The van der Waals surface area contributed by atoms with Crippen LogP contribution in [-0.4, -0.2) is 42.3 Å². The van der Waals surface area contributed by atoms with Crippen molar-refractivity contribution in [2.24, 2.45) is 5.41 Å². The number of benzene rings is 1. The predicted octanol–water partition coefficient (Wildman–Crippen LogP) is 2.49. The summed E-state index contributed by atoms with van der Waals surface area (Å²) in [5.41, 5.74) is 2.16. The van der Waals surface area contributed by atoms with Crippen molar-refractivity contribution in [1.82, 2.24) is 15.5 Å². The summed E-state index contributed by atoms with van der Waals surface area (Å²) in [6.45, 7) is 6.73. The van der Waals surface area contributed by atoms with E-state index in [0.29, 0.717) is 6.54 Å². The summed E-state index contributed by atoms with van der Waals surface area (Å²) in [7, 11) is 2.10. The highest BCUT2D eigenvalue weighted by atomic mass is 16.3. The van der Waals surface area contributed by atoms with Crippen molar-refractivity contribution in [3.63, 3.8) is 0 Å². The molecule has 1 aliphatic carbocycles. The SMILES string of the molecule is CCN(C)Cc1cccc(CNC(=O)NC2CCCC2(C)CO)c1. The van der Waals surface area contributed by atoms with Gasteiger partial charge in [0.1, 0.15) is 0 Å². The Labute approximate surface area is 145 Å². The Morgan fingerprint density at radius 1 is 1.42 bits per heavy atom. The average Bonchev–Trinajstić information content (AvgIpc) is 2.94. The smallest absolute Gasteiger partial charge is 0.315 e. The standard InChI is InChI=1S/C19H31N3O2/c1-4-22(3)13-16-8-5-7-15(11-16)12-20-18(24)21-17-9-6-10-19(17,2)14-23/h5,7-8,11,17,23H,4,6,9-10,12-14H2,1-3H3,(H2,20,21,24). The molecule has 0 saturated heterocycles. The second-order valence-electron chi connectivity index (χ2n) is 7.23. The van der Waals surface area contributed by atoms with Gasteiger partial charge in [-0.1, -0.05) is 44.5 Å². The van der Waals surface area contributed by atoms with Gasteiger partial charge in [-0.2, -0.15) is 0 Å². The second kappa shape index (κ2) is 8.49. The maximum Gasteiger partial charge on any atom is 0.315 e. The number of hydrogen-bond donors (Lipinski definition) is 3. The number of nitrogens with zero attached hydrogens (tertiary/aromatic N) is 1. The van der Waals surface area contributed by atoms with E-state index in [9.17, 15) is 9.90 Å². The van der Waals surface area contributed by atoms with Gasteiger partial charge < -0.3 is 20.6 Å². The van der Waals surface area contributed by atoms with E-state index in [0.717, 1.165) is 37.9 Å². The molecule has 1 saturated carbocycles. The highest BCUT2D eigenvalue weighted by Crippen LogP contribution is 2.37. The fraction of sp³-hybridized carbons (Fsp3) is 0.632. The lowest BCUT2D eigenvalue weighted by Crippen LogP contribution is -2.48. The van der Waals surface area contributed by atoms with E-state index in [1.54, 1.807) is 0 Å². The van der Waals surface area contributed by atoms with Crippen molar-refractivity contribution in [3.05, 3.63) is 35.4 Å². The van der Waals surface area contributed by atoms with Gasteiger partial charge in [0.25, 0.3) is 0 Å². The van der Waals surface area contributed by atoms with Crippen molar-refractivity contribution in [2.45, 2.75) is 52.2 Å². The van der Waals surface area contributed by atoms with Crippen LogP contribution in [-0.2, 0) is 13.1 Å². The zero-order chi connectivity index (χ0) is 17.6. The third kappa shape index (κ3) is 4.95. The van der Waals surface area contributed by atoms with Crippen molar-refractivity contribution in [2.75, 3.05) is 20.2 Å². The zero-order valence-electron chi connectivity index (χ0n) is 15.1. The minimum absolute atomic E-state index is 0.0482. The summed E-state index contributed by atoms with van der Waals surface area (Å²) in [4.78, 5) is 14.4. The Bertz CT molecular complexity index is 549. The van der Waals surface area contributed by atoms with Crippen LogP contribution in [0.25, 0.3) is 0 Å². The molecule has 0 bridgehead atoms. The van der Waals surface area contributed by atoms with Crippen LogP contribution in [0.3, 0.4) is 0 Å². The number of hydrogen-bond acceptors (Lipinski definition) is 3. The molecule has 1 aromatic carbocycles. The van der Waals surface area contributed by atoms with E-state index in [-0.39, 0.29) is 24.1 Å². The number of nitrogens with one attached hydrogen (secondary N) is 2. The Kier molecular flexibility index (Phi) is 6.63. The average molecular weight is 333 g/mol. The van der Waals surface area contributed by atoms with E-state index >= 15 is 0 Å². The maximum absolute atomic E-state index is 12.2. The Morgan fingerprint density at radius 2 is 2.17 bits per heavy atom. The van der Waals surface area contributed by atoms with Crippen LogP contribution in [0.5, 0.6) is 0 Å². The lowest BCUT2D eigenvalue weighted by molar-refractivity contribution is 0.121. The summed E-state index contributed by atoms with van der Waals surface area (Å²) >= 11 is 0. The number of amides is 2. The Balaban J connectivity index is 1.84. The topological polar surface area (TPSA) is 64.6 Å². The molecular formula is C19H31N3O2. The molecule has 5 nitrogen and oxygen atoms in total. The monoisotopic (exact) mass is 333 g/mol. The number of aliphatic hydroxyl groups excluding tert-OH is 1. The van der Waals surface area contributed by atoms with Crippen molar-refractivity contribution >= 4 is 6.03 Å². The molecule has 2 rings (SSSR count). The fourth-order valence-electron chi connectivity index (χ4n) is 3.32. The Hall–Kier alpha value is -1.59. The third-order valence-electron chi connectivity index (χ3n) is 5.19. The van der Waals surface area contributed by atoms with Crippen molar-refractivity contribution in [1.29, 1.82) is 0 Å². The first-order chi connectivity index (χ1) is 11.5. The molecule has 0 aliphatic heterocycles. The largest absolute Gasteiger partial charge is 0.396 e. The molecule has 2 amide bonds. The molecule has 0 spiro atoms. The van der Waals surface area contributed by atoms with Gasteiger partial charge in [-0.15, -0.1) is 0 Å². The lowest BCUT2D eigenvalue weighted by Gasteiger charge is -2.30. The summed E-state index contributed by atoms with van der Waals surface area (Å²) in [6, 6.07) is 8.21. The molecule has 2 unspecified atom stereocenters. The maximum atomic E-state index is 12.2. The number of urea groups is 1. The quantitative estimate of drug-likeness (QED) is 0.718. The van der Waals surface area contributed by atoms with Gasteiger partial charge in [0.05, 0.1) is 6.61 Å². The van der Waals surface area contributed by atoms with Crippen LogP contribution in [0, 0.1) is 5.41 Å². The van der Waals surface area contributed by atoms with E-state index in [1.165, 1.54) is 5.56 Å². The number of aliphatic hydroxyl groups is 1. The molecule has 1 aliphatic rings. The highest BCUT2D eigenvalue weighted by molar-refractivity contribution is 5.74. The van der Waals surface area contributed by atoms with Gasteiger partial charge in [-0.05, 0) is 37.6 Å². The second-order valence-corrected chi connectivity index (χ2v) is 7.23. The molecule has 3 N–H and O–H groups in total. The van der Waals surface area contributed by atoms with Gasteiger partial charge in [-0.25, -0.2) is 4.79 Å². The molecule has 2 atom stereocenters. The van der Waals surface area contributed by atoms with Crippen LogP contribution < -0.4 is 10.6 Å². The molecule has 1 fully saturated rings. The van der Waals surface area contributed by atoms with Gasteiger partial charge in [0.2, 0.25) is 0 Å². The summed E-state index contributed by atoms with van der Waals surface area (Å²) in [5.74, 6) is 0. The van der Waals surface area contributed by atoms with E-state index in [2.05, 4.69) is 41.6 Å². The minimum atomic E-state index is -0.192. The van der Waals surface area contributed by atoms with E-state index in [4.69, 9.17) is 0 Å². The molecule has 5 heteroatoms. The number of rotatable bonds is 7. The van der Waals surface area contributed by atoms with Crippen molar-refractivity contribution < 1.29 is 9.90 Å². The summed E-state index contributed by atoms with van der Waals surface area (Å²) in [5, 5.41) is 15.5. The summed E-state index contributed by atoms with van der Waals surface area (Å²) < 4.78 is 0. The van der Waals surface area contributed by atoms with Gasteiger partial charge in [0, 0.05) is 24.5 Å². The third-order valence-corrected chi connectivity index (χ3v) is 5.19. The fourth-order valence-corrected chi connectivity index (χ4v) is 3.32. The zero-order valence-corrected chi connectivity index (χ0v) is 15.1. The Morgan fingerprint density at radius 3 is 2.88 bits per heavy atom. The molecule has 24 heavy (non-hydrogen) atoms. The highest BCUT2D eigenvalue weighted by Gasteiger charge is 2.39. The first-order valence-corrected chi connectivity index (χ1v) is 8.88. The van der Waals surface area contributed by atoms with Crippen LogP contribution in [0.1, 0.15) is 44.2 Å². The molecule has 0 radical (unpaired) electrons. The van der Waals surface area contributed by atoms with Gasteiger partial charge in [0.15, 0.2) is 0 Å². The molecule has 0 heterocycles. The van der Waals surface area contributed by atoms with E-state index < -0.39 is 0 Å². The first-order valence-electron chi connectivity index (χ1n) is 8.88. The minimum Gasteiger partial charge on any atom is -0.396 e.